The molecule has 2 fully saturated rings. The molecule has 11 heteroatoms. The first-order chi connectivity index (χ1) is 9.91. The summed E-state index contributed by atoms with van der Waals surface area (Å²) in [4.78, 5) is 21.1. The predicted molar refractivity (Wildman–Crippen MR) is 52.2 cm³/mol. The molecule has 2 bridgehead atoms. The minimum absolute atomic E-state index is 0.0189. The van der Waals surface area contributed by atoms with E-state index in [-0.39, 0.29) is 12.5 Å². The molecule has 2 heterocycles. The van der Waals surface area contributed by atoms with Gasteiger partial charge in [0, 0.05) is 6.42 Å². The molecule has 3 unspecified atom stereocenters. The lowest BCUT2D eigenvalue weighted by Gasteiger charge is -2.32. The van der Waals surface area contributed by atoms with E-state index in [2.05, 4.69) is 4.74 Å². The summed E-state index contributed by atoms with van der Waals surface area (Å²) in [5.41, 5.74) is 0. The van der Waals surface area contributed by atoms with Crippen molar-refractivity contribution < 1.29 is 50.5 Å². The Labute approximate surface area is 119 Å². The largest absolute Gasteiger partial charge is 0.544 e. The van der Waals surface area contributed by atoms with Crippen LogP contribution in [0.4, 0.5) is 26.3 Å². The van der Waals surface area contributed by atoms with Gasteiger partial charge in [-0.2, -0.15) is 26.3 Å². The molecule has 0 aromatic rings. The van der Waals surface area contributed by atoms with E-state index in [9.17, 15) is 41.0 Å². The number of carboxylic acids is 1. The summed E-state index contributed by atoms with van der Waals surface area (Å²) in [6, 6.07) is 0. The first kappa shape index (κ1) is 16.8. The quantitative estimate of drug-likeness (QED) is 0.540. The second-order valence-corrected chi connectivity index (χ2v) is 5.06. The number of alkyl halides is 6. The number of fused-ring (bicyclic) bond motifs is 2. The molecule has 2 aliphatic rings. The number of aliphatic carboxylic acids is 1. The summed E-state index contributed by atoms with van der Waals surface area (Å²) in [5.74, 6) is -25.5. The van der Waals surface area contributed by atoms with Gasteiger partial charge >= 0.3 is 23.7 Å². The van der Waals surface area contributed by atoms with Crippen molar-refractivity contribution in [3.8, 4) is 0 Å². The maximum atomic E-state index is 13.3. The standard InChI is InChI=1S/C11H10F6O5/c12-9(13,7(18)19)11(16,17)10(14,15)8(20)22-6-3-4-1-2-5(6)21-4/h4-6H,1-3H2,(H,18,19)/p-1. The van der Waals surface area contributed by atoms with Crippen molar-refractivity contribution >= 4 is 11.9 Å². The van der Waals surface area contributed by atoms with Gasteiger partial charge in [0.1, 0.15) is 12.1 Å². The van der Waals surface area contributed by atoms with Crippen molar-refractivity contribution in [2.24, 2.45) is 0 Å². The molecule has 0 radical (unpaired) electrons. The summed E-state index contributed by atoms with van der Waals surface area (Å²) in [7, 11) is 0. The van der Waals surface area contributed by atoms with Crippen LogP contribution in [0.15, 0.2) is 0 Å². The van der Waals surface area contributed by atoms with Crippen LogP contribution in [0.2, 0.25) is 0 Å². The molecule has 2 aliphatic heterocycles. The summed E-state index contributed by atoms with van der Waals surface area (Å²) >= 11 is 0. The summed E-state index contributed by atoms with van der Waals surface area (Å²) in [5, 5.41) is 9.94. The summed E-state index contributed by atoms with van der Waals surface area (Å²) in [6.07, 6.45) is -1.49. The zero-order chi connectivity index (χ0) is 16.9. The zero-order valence-corrected chi connectivity index (χ0v) is 10.7. The highest BCUT2D eigenvalue weighted by molar-refractivity contribution is 5.83. The average Bonchev–Trinajstić information content (AvgIpc) is 3.00. The Morgan fingerprint density at radius 1 is 1.05 bits per heavy atom. The third-order valence-electron chi connectivity index (χ3n) is 3.61. The van der Waals surface area contributed by atoms with Crippen LogP contribution >= 0.6 is 0 Å². The normalized spacial score (nSPS) is 28.7. The molecular weight excluding hydrogens is 326 g/mol. The lowest BCUT2D eigenvalue weighted by Crippen LogP contribution is -2.64. The monoisotopic (exact) mass is 335 g/mol. The molecular formula is C11H9F6O5-. The molecule has 0 aromatic carbocycles. The molecule has 3 atom stereocenters. The SMILES string of the molecule is O=C([O-])C(F)(F)C(F)(F)C(F)(F)C(=O)OC1CC2CCC1O2. The Hall–Kier alpha value is -1.52. The van der Waals surface area contributed by atoms with Gasteiger partial charge in [0.2, 0.25) is 0 Å². The molecule has 2 rings (SSSR count). The molecule has 2 saturated heterocycles. The minimum Gasteiger partial charge on any atom is -0.544 e. The highest BCUT2D eigenvalue weighted by Crippen LogP contribution is 2.47. The maximum absolute atomic E-state index is 13.3. The second kappa shape index (κ2) is 5.00. The van der Waals surface area contributed by atoms with E-state index in [0.717, 1.165) is 0 Å². The number of rotatable bonds is 5. The van der Waals surface area contributed by atoms with Crippen molar-refractivity contribution in [2.75, 3.05) is 0 Å². The zero-order valence-electron chi connectivity index (χ0n) is 10.7. The maximum Gasteiger partial charge on any atom is 0.411 e. The minimum atomic E-state index is -6.51. The van der Waals surface area contributed by atoms with Crippen LogP contribution in [0.5, 0.6) is 0 Å². The lowest BCUT2D eigenvalue weighted by atomic mass is 9.97. The number of hydrogen-bond donors (Lipinski definition) is 0. The van der Waals surface area contributed by atoms with Crippen molar-refractivity contribution in [3.05, 3.63) is 0 Å². The number of halogens is 6. The highest BCUT2D eigenvalue weighted by atomic mass is 19.3. The molecule has 0 aromatic heterocycles. The molecule has 0 saturated carbocycles. The summed E-state index contributed by atoms with van der Waals surface area (Å²) in [6.45, 7) is 0. The fourth-order valence-corrected chi connectivity index (χ4v) is 2.38. The number of carboxylic acid groups (broad SMARTS) is 1. The Balaban J connectivity index is 2.14. The number of hydrogen-bond acceptors (Lipinski definition) is 5. The molecule has 126 valence electrons. The van der Waals surface area contributed by atoms with Crippen LogP contribution in [-0.4, -0.2) is 48.0 Å². The van der Waals surface area contributed by atoms with Crippen LogP contribution in [0.3, 0.4) is 0 Å². The molecule has 0 aliphatic carbocycles. The fraction of sp³-hybridized carbons (Fsp3) is 0.818. The molecule has 22 heavy (non-hydrogen) atoms. The number of carbonyl (C=O) groups excluding carboxylic acids is 2. The van der Waals surface area contributed by atoms with Gasteiger partial charge in [0.05, 0.1) is 12.2 Å². The number of carbonyl (C=O) groups is 2. The lowest BCUT2D eigenvalue weighted by molar-refractivity contribution is -0.366. The first-order valence-electron chi connectivity index (χ1n) is 6.12. The van der Waals surface area contributed by atoms with Crippen molar-refractivity contribution in [1.82, 2.24) is 0 Å². The predicted octanol–water partition coefficient (Wildman–Crippen LogP) is 0.505. The Morgan fingerprint density at radius 3 is 2.05 bits per heavy atom. The molecule has 5 nitrogen and oxygen atoms in total. The van der Waals surface area contributed by atoms with Gasteiger partial charge < -0.3 is 19.4 Å². The Morgan fingerprint density at radius 2 is 1.64 bits per heavy atom. The van der Waals surface area contributed by atoms with E-state index in [4.69, 9.17) is 4.74 Å². The van der Waals surface area contributed by atoms with Gasteiger partial charge in [-0.1, -0.05) is 0 Å². The van der Waals surface area contributed by atoms with Gasteiger partial charge in [-0.05, 0) is 12.8 Å². The van der Waals surface area contributed by atoms with E-state index < -0.39 is 41.9 Å². The van der Waals surface area contributed by atoms with Gasteiger partial charge in [0.25, 0.3) is 0 Å². The van der Waals surface area contributed by atoms with E-state index in [1.165, 1.54) is 0 Å². The molecule has 0 N–H and O–H groups in total. The van der Waals surface area contributed by atoms with Crippen LogP contribution in [0.1, 0.15) is 19.3 Å². The second-order valence-electron chi connectivity index (χ2n) is 5.06. The van der Waals surface area contributed by atoms with Crippen molar-refractivity contribution in [2.45, 2.75) is 55.3 Å². The highest BCUT2D eigenvalue weighted by Gasteiger charge is 2.76. The number of ether oxygens (including phenoxy) is 2. The van der Waals surface area contributed by atoms with Gasteiger partial charge in [-0.25, -0.2) is 4.79 Å². The van der Waals surface area contributed by atoms with Crippen LogP contribution in [-0.2, 0) is 19.1 Å². The van der Waals surface area contributed by atoms with Crippen LogP contribution in [0.25, 0.3) is 0 Å². The topological polar surface area (TPSA) is 75.7 Å². The summed E-state index contributed by atoms with van der Waals surface area (Å²) < 4.78 is 87.5. The van der Waals surface area contributed by atoms with Crippen molar-refractivity contribution in [3.63, 3.8) is 0 Å². The van der Waals surface area contributed by atoms with E-state index >= 15 is 0 Å². The van der Waals surface area contributed by atoms with Gasteiger partial charge in [0.15, 0.2) is 0 Å². The number of esters is 1. The van der Waals surface area contributed by atoms with Crippen LogP contribution < -0.4 is 5.11 Å². The third kappa shape index (κ3) is 2.31. The Kier molecular flexibility index (Phi) is 3.83. The fourth-order valence-electron chi connectivity index (χ4n) is 2.38. The van der Waals surface area contributed by atoms with Crippen LogP contribution in [0, 0.1) is 0 Å². The average molecular weight is 335 g/mol. The van der Waals surface area contributed by atoms with Gasteiger partial charge in [-0.3, -0.25) is 0 Å². The smallest absolute Gasteiger partial charge is 0.411 e. The molecule has 0 amide bonds. The van der Waals surface area contributed by atoms with E-state index in [1.54, 1.807) is 0 Å². The first-order valence-corrected chi connectivity index (χ1v) is 6.12. The van der Waals surface area contributed by atoms with E-state index in [1.807, 2.05) is 0 Å². The van der Waals surface area contributed by atoms with E-state index in [0.29, 0.717) is 12.8 Å². The Bertz CT molecular complexity index is 493. The van der Waals surface area contributed by atoms with Crippen molar-refractivity contribution in [1.29, 1.82) is 0 Å². The molecule has 0 spiro atoms. The third-order valence-corrected chi connectivity index (χ3v) is 3.61. The van der Waals surface area contributed by atoms with Gasteiger partial charge in [-0.15, -0.1) is 0 Å².